The molecule has 1 heterocycles. The molecule has 0 aromatic heterocycles. The van der Waals surface area contributed by atoms with Crippen molar-refractivity contribution in [1.29, 1.82) is 0 Å². The fourth-order valence-electron chi connectivity index (χ4n) is 8.30. The van der Waals surface area contributed by atoms with Crippen LogP contribution in [0, 0.1) is 17.8 Å². The van der Waals surface area contributed by atoms with Crippen LogP contribution in [0.3, 0.4) is 0 Å². The number of carbonyl (C=O) groups excluding carboxylic acids is 4. The molecule has 1 saturated heterocycles. The van der Waals surface area contributed by atoms with Crippen molar-refractivity contribution in [2.45, 2.75) is 169 Å². The van der Waals surface area contributed by atoms with Crippen molar-refractivity contribution in [2.75, 3.05) is 93.0 Å². The van der Waals surface area contributed by atoms with Gasteiger partial charge >= 0.3 is 6.09 Å². The molecule has 17 heteroatoms. The SMILES string of the molecule is CCOC(C)(C)C(CON(C)COC(C)(C)C(COCCCNC(=O)CCN1C(=O)CC(SCCCCCC(C)c2ccc(OC(=O)N(CC)CC)cc2)C1=O)CC(C)C)CC(C)(C)OCN(C)OC. The van der Waals surface area contributed by atoms with Crippen molar-refractivity contribution < 1.29 is 52.5 Å². The highest BCUT2D eigenvalue weighted by molar-refractivity contribution is 8.00. The van der Waals surface area contributed by atoms with Crippen LogP contribution in [-0.4, -0.2) is 159 Å². The average Bonchev–Trinajstić information content (AvgIpc) is 3.57. The Labute approximate surface area is 427 Å². The van der Waals surface area contributed by atoms with Gasteiger partial charge < -0.3 is 38.7 Å². The van der Waals surface area contributed by atoms with Crippen LogP contribution < -0.4 is 10.1 Å². The quantitative estimate of drug-likeness (QED) is 0.0289. The van der Waals surface area contributed by atoms with E-state index in [0.717, 1.165) is 37.9 Å². The van der Waals surface area contributed by atoms with Crippen molar-refractivity contribution in [2.24, 2.45) is 17.8 Å². The lowest BCUT2D eigenvalue weighted by Crippen LogP contribution is -2.45. The second-order valence-electron chi connectivity index (χ2n) is 20.7. The van der Waals surface area contributed by atoms with Gasteiger partial charge in [0.1, 0.15) is 19.2 Å². The average molecular weight is 1010 g/mol. The lowest BCUT2D eigenvalue weighted by atomic mass is 9.82. The van der Waals surface area contributed by atoms with E-state index >= 15 is 0 Å². The summed E-state index contributed by atoms with van der Waals surface area (Å²) in [6, 6.07) is 7.75. The molecule has 1 fully saturated rings. The number of hydrogen-bond donors (Lipinski definition) is 1. The predicted molar refractivity (Wildman–Crippen MR) is 278 cm³/mol. The van der Waals surface area contributed by atoms with Gasteiger partial charge in [0.25, 0.3) is 0 Å². The van der Waals surface area contributed by atoms with Gasteiger partial charge in [0.2, 0.25) is 17.7 Å². The highest BCUT2D eigenvalue weighted by Gasteiger charge is 2.39. The molecule has 1 aromatic rings. The van der Waals surface area contributed by atoms with E-state index in [0.29, 0.717) is 83.2 Å². The second kappa shape index (κ2) is 32.3. The van der Waals surface area contributed by atoms with Crippen LogP contribution in [0.4, 0.5) is 4.79 Å². The zero-order valence-corrected chi connectivity index (χ0v) is 46.8. The minimum absolute atomic E-state index is 0.0266. The molecular formula is C53H95N5O11S. The molecular weight excluding hydrogens is 915 g/mol. The molecule has 16 nitrogen and oxygen atoms in total. The molecule has 0 aliphatic carbocycles. The van der Waals surface area contributed by atoms with E-state index in [2.05, 4.69) is 67.6 Å². The van der Waals surface area contributed by atoms with Crippen LogP contribution in [0.1, 0.15) is 152 Å². The maximum absolute atomic E-state index is 13.1. The number of ether oxygens (including phenoxy) is 5. The Hall–Kier alpha value is -2.87. The molecule has 0 bridgehead atoms. The van der Waals surface area contributed by atoms with Gasteiger partial charge in [-0.3, -0.25) is 24.1 Å². The van der Waals surface area contributed by atoms with E-state index < -0.39 is 16.8 Å². The summed E-state index contributed by atoms with van der Waals surface area (Å²) in [5.41, 5.74) is -0.200. The van der Waals surface area contributed by atoms with Gasteiger partial charge in [-0.15, -0.1) is 11.8 Å². The van der Waals surface area contributed by atoms with Crippen molar-refractivity contribution >= 4 is 35.6 Å². The third-order valence-corrected chi connectivity index (χ3v) is 14.5. The number of amides is 4. The van der Waals surface area contributed by atoms with Crippen LogP contribution in [-0.2, 0) is 43.0 Å². The number of likely N-dealkylation sites (tertiary alicyclic amines) is 1. The van der Waals surface area contributed by atoms with Gasteiger partial charge in [-0.25, -0.2) is 4.79 Å². The third kappa shape index (κ3) is 23.8. The van der Waals surface area contributed by atoms with E-state index in [4.69, 9.17) is 33.4 Å². The molecule has 1 aromatic carbocycles. The molecule has 4 atom stereocenters. The first-order valence-corrected chi connectivity index (χ1v) is 26.9. The maximum Gasteiger partial charge on any atom is 0.415 e. The van der Waals surface area contributed by atoms with Crippen molar-refractivity contribution in [3.63, 3.8) is 0 Å². The van der Waals surface area contributed by atoms with Crippen molar-refractivity contribution in [3.05, 3.63) is 29.8 Å². The molecule has 4 unspecified atom stereocenters. The van der Waals surface area contributed by atoms with Crippen molar-refractivity contribution in [1.82, 2.24) is 25.2 Å². The molecule has 0 radical (unpaired) electrons. The highest BCUT2D eigenvalue weighted by atomic mass is 32.2. The Balaban J connectivity index is 1.69. The topological polar surface area (TPSA) is 158 Å². The monoisotopic (exact) mass is 1010 g/mol. The second-order valence-corrected chi connectivity index (χ2v) is 22.1. The third-order valence-electron chi connectivity index (χ3n) is 13.2. The van der Waals surface area contributed by atoms with Gasteiger partial charge in [-0.2, -0.15) is 10.1 Å². The van der Waals surface area contributed by atoms with Gasteiger partial charge in [0, 0.05) is 78.2 Å². The Bertz CT molecular complexity index is 1660. The number of carbonyl (C=O) groups is 4. The van der Waals surface area contributed by atoms with E-state index in [1.807, 2.05) is 59.1 Å². The van der Waals surface area contributed by atoms with Crippen LogP contribution in [0.2, 0.25) is 0 Å². The number of imide groups is 1. The van der Waals surface area contributed by atoms with Gasteiger partial charge in [-0.1, -0.05) is 45.7 Å². The number of nitrogens with one attached hydrogen (secondary N) is 1. The minimum Gasteiger partial charge on any atom is -0.410 e. The van der Waals surface area contributed by atoms with E-state index in [9.17, 15) is 19.2 Å². The summed E-state index contributed by atoms with van der Waals surface area (Å²) >= 11 is 1.54. The predicted octanol–water partition coefficient (Wildman–Crippen LogP) is 9.31. The summed E-state index contributed by atoms with van der Waals surface area (Å²) in [4.78, 5) is 65.2. The molecule has 2 rings (SSSR count). The van der Waals surface area contributed by atoms with Crippen LogP contribution >= 0.6 is 11.8 Å². The number of thioether (sulfide) groups is 1. The number of rotatable bonds is 38. The normalized spacial score (nSPS) is 16.1. The molecule has 0 spiro atoms. The number of hydroxylamine groups is 4. The van der Waals surface area contributed by atoms with E-state index in [1.54, 1.807) is 33.9 Å². The standard InChI is InChI=1S/C53H95N5O11S/c1-16-57(17-2)50(62)69-45-26-24-42(25-27-45)41(6)23-20-19-21-32-70-46-34-48(60)58(49(46)61)30-28-47(59)54-29-22-31-64-36-43(33-40(4)5)52(9,10)67-39-56(14)68-37-44(53(11,12)65-18-3)35-51(7,8)66-38-55(13)63-15/h24-27,40-41,43-44,46H,16-23,28-39H2,1-15H3,(H,54,59). The Morgan fingerprint density at radius 1 is 0.843 bits per heavy atom. The fraction of sp³-hybridized carbons (Fsp3) is 0.811. The van der Waals surface area contributed by atoms with Gasteiger partial charge in [-0.05, 0) is 130 Å². The molecule has 1 aliphatic rings. The van der Waals surface area contributed by atoms with E-state index in [-0.39, 0.29) is 67.0 Å². The zero-order chi connectivity index (χ0) is 52.5. The summed E-state index contributed by atoms with van der Waals surface area (Å²) in [6.45, 7) is 29.3. The number of nitrogens with zero attached hydrogens (tertiary/aromatic N) is 4. The van der Waals surface area contributed by atoms with E-state index in [1.165, 1.54) is 10.5 Å². The summed E-state index contributed by atoms with van der Waals surface area (Å²) in [5, 5.41) is 5.91. The van der Waals surface area contributed by atoms with Gasteiger partial charge in [0.15, 0.2) is 0 Å². The summed E-state index contributed by atoms with van der Waals surface area (Å²) in [7, 11) is 5.32. The minimum atomic E-state index is -0.507. The van der Waals surface area contributed by atoms with Gasteiger partial charge in [0.05, 0.1) is 42.4 Å². The largest absolute Gasteiger partial charge is 0.415 e. The Kier molecular flexibility index (Phi) is 29.2. The smallest absolute Gasteiger partial charge is 0.410 e. The van der Waals surface area contributed by atoms with Crippen molar-refractivity contribution in [3.8, 4) is 5.75 Å². The molecule has 404 valence electrons. The van der Waals surface area contributed by atoms with Crippen LogP contribution in [0.5, 0.6) is 5.75 Å². The lowest BCUT2D eigenvalue weighted by Gasteiger charge is -2.40. The number of benzene rings is 1. The molecule has 0 saturated carbocycles. The number of unbranched alkanes of at least 4 members (excludes halogenated alkanes) is 2. The first kappa shape index (κ1) is 63.2. The summed E-state index contributed by atoms with van der Waals surface area (Å²) in [6.07, 6.45) is 6.23. The summed E-state index contributed by atoms with van der Waals surface area (Å²) < 4.78 is 30.5. The molecule has 70 heavy (non-hydrogen) atoms. The number of hydrogen-bond acceptors (Lipinski definition) is 14. The Morgan fingerprint density at radius 2 is 1.50 bits per heavy atom. The van der Waals surface area contributed by atoms with Crippen LogP contribution in [0.25, 0.3) is 0 Å². The highest BCUT2D eigenvalue weighted by Crippen LogP contribution is 2.33. The molecule has 4 amide bonds. The molecule has 1 N–H and O–H groups in total. The fourth-order valence-corrected chi connectivity index (χ4v) is 9.48. The zero-order valence-electron chi connectivity index (χ0n) is 46.0. The first-order chi connectivity index (χ1) is 33.0. The lowest BCUT2D eigenvalue weighted by molar-refractivity contribution is -0.246. The molecule has 1 aliphatic heterocycles. The maximum atomic E-state index is 13.1. The first-order valence-electron chi connectivity index (χ1n) is 25.9. The summed E-state index contributed by atoms with van der Waals surface area (Å²) in [5.74, 6) is 1.69. The van der Waals surface area contributed by atoms with Crippen LogP contribution in [0.15, 0.2) is 24.3 Å². The Morgan fingerprint density at radius 3 is 2.13 bits per heavy atom.